The number of fused-ring (bicyclic) bond motifs is 2. The van der Waals surface area contributed by atoms with Gasteiger partial charge in [0.05, 0.1) is 18.2 Å². The molecule has 2 atom stereocenters. The van der Waals surface area contributed by atoms with Crippen LogP contribution in [0.2, 0.25) is 5.02 Å². The second-order valence-electron chi connectivity index (χ2n) is 8.68. The highest BCUT2D eigenvalue weighted by atomic mass is 35.5. The molecule has 1 amide bonds. The molecule has 2 unspecified atom stereocenters. The number of benzene rings is 1. The minimum Gasteiger partial charge on any atom is -0.497 e. The molecule has 5 nitrogen and oxygen atoms in total. The maximum absolute atomic E-state index is 16.0. The van der Waals surface area contributed by atoms with Crippen LogP contribution >= 0.6 is 23.1 Å². The van der Waals surface area contributed by atoms with E-state index in [2.05, 4.69) is 46.3 Å². The lowest BCUT2D eigenvalue weighted by Crippen LogP contribution is -2.59. The molecule has 2 aromatic rings. The summed E-state index contributed by atoms with van der Waals surface area (Å²) in [6, 6.07) is 1.83. The van der Waals surface area contributed by atoms with Crippen LogP contribution in [0.5, 0.6) is 0 Å². The van der Waals surface area contributed by atoms with Crippen molar-refractivity contribution >= 4 is 50.5 Å². The zero-order valence-corrected chi connectivity index (χ0v) is 19.8. The van der Waals surface area contributed by atoms with E-state index in [-0.39, 0.29) is 23.3 Å². The van der Waals surface area contributed by atoms with Crippen molar-refractivity contribution in [3.8, 4) is 0 Å². The Morgan fingerprint density at radius 1 is 1.45 bits per heavy atom. The number of methoxy groups -OCH3 is 1. The summed E-state index contributed by atoms with van der Waals surface area (Å²) in [5, 5.41) is 4.74. The van der Waals surface area contributed by atoms with E-state index >= 15 is 4.39 Å². The molecule has 0 saturated carbocycles. The van der Waals surface area contributed by atoms with Crippen LogP contribution in [0.15, 0.2) is 60.9 Å². The summed E-state index contributed by atoms with van der Waals surface area (Å²) < 4.78 is 25.9. The molecular formula is C25H23ClFN3O2S. The number of amides is 1. The molecule has 170 valence electrons. The van der Waals surface area contributed by atoms with Crippen molar-refractivity contribution in [2.24, 2.45) is 11.3 Å². The van der Waals surface area contributed by atoms with E-state index in [1.165, 1.54) is 17.6 Å². The lowest BCUT2D eigenvalue weighted by atomic mass is 9.66. The van der Waals surface area contributed by atoms with Crippen LogP contribution in [-0.4, -0.2) is 36.5 Å². The third-order valence-corrected chi connectivity index (χ3v) is 7.72. The van der Waals surface area contributed by atoms with E-state index in [1.54, 1.807) is 13.2 Å². The van der Waals surface area contributed by atoms with Crippen molar-refractivity contribution in [2.75, 3.05) is 25.1 Å². The summed E-state index contributed by atoms with van der Waals surface area (Å²) >= 11 is 7.97. The van der Waals surface area contributed by atoms with Crippen LogP contribution in [0.25, 0.3) is 16.5 Å². The molecule has 1 N–H and O–H groups in total. The molecule has 0 radical (unpaired) electrons. The Hall–Kier alpha value is -2.90. The van der Waals surface area contributed by atoms with Crippen LogP contribution in [0.4, 0.5) is 9.39 Å². The lowest BCUT2D eigenvalue weighted by Gasteiger charge is -2.40. The molecule has 1 aromatic carbocycles. The largest absolute Gasteiger partial charge is 0.497 e. The summed E-state index contributed by atoms with van der Waals surface area (Å²) in [6.07, 6.45) is 13.3. The van der Waals surface area contributed by atoms with E-state index in [9.17, 15) is 4.79 Å². The fourth-order valence-electron chi connectivity index (χ4n) is 4.75. The second kappa shape index (κ2) is 8.15. The lowest BCUT2D eigenvalue weighted by molar-refractivity contribution is -0.117. The zero-order valence-electron chi connectivity index (χ0n) is 18.3. The molecule has 33 heavy (non-hydrogen) atoms. The van der Waals surface area contributed by atoms with Gasteiger partial charge in [0.15, 0.2) is 5.82 Å². The van der Waals surface area contributed by atoms with E-state index in [1.807, 2.05) is 18.2 Å². The number of allylic oxidation sites excluding steroid dienone is 7. The smallest absolute Gasteiger partial charge is 0.243 e. The van der Waals surface area contributed by atoms with Crippen molar-refractivity contribution < 1.29 is 13.9 Å². The fourth-order valence-corrected chi connectivity index (χ4v) is 5.93. The predicted molar refractivity (Wildman–Crippen MR) is 132 cm³/mol. The average Bonchev–Trinajstić information content (AvgIpc) is 3.18. The van der Waals surface area contributed by atoms with Crippen LogP contribution in [0, 0.1) is 17.2 Å². The number of anilines is 1. The molecule has 1 fully saturated rings. The minimum absolute atomic E-state index is 0.0303. The number of carbonyl (C=O) groups excluding carboxylic acids is 1. The first-order valence-corrected chi connectivity index (χ1v) is 11.8. The monoisotopic (exact) mass is 483 g/mol. The van der Waals surface area contributed by atoms with Crippen molar-refractivity contribution in [2.45, 2.75) is 13.0 Å². The van der Waals surface area contributed by atoms with Crippen LogP contribution in [-0.2, 0) is 9.53 Å². The average molecular weight is 484 g/mol. The molecule has 1 saturated heterocycles. The summed E-state index contributed by atoms with van der Waals surface area (Å²) in [5.41, 5.74) is 1.09. The fraction of sp³-hybridized carbons (Fsp3) is 0.280. The van der Waals surface area contributed by atoms with E-state index in [0.29, 0.717) is 40.3 Å². The molecule has 0 bridgehead atoms. The molecule has 2 aliphatic carbocycles. The molecule has 1 aromatic heterocycles. The third kappa shape index (κ3) is 3.60. The van der Waals surface area contributed by atoms with Gasteiger partial charge in [-0.05, 0) is 41.4 Å². The van der Waals surface area contributed by atoms with Gasteiger partial charge in [0, 0.05) is 35.4 Å². The highest BCUT2D eigenvalue weighted by Gasteiger charge is 2.39. The number of halogens is 2. The number of nitrogens with zero attached hydrogens (tertiary/aromatic N) is 2. The summed E-state index contributed by atoms with van der Waals surface area (Å²) in [4.78, 5) is 13.6. The minimum atomic E-state index is -0.425. The van der Waals surface area contributed by atoms with Gasteiger partial charge in [0.2, 0.25) is 5.91 Å². The third-order valence-electron chi connectivity index (χ3n) is 6.50. The zero-order chi connectivity index (χ0) is 23.3. The molecule has 3 aliphatic rings. The molecule has 2 heterocycles. The van der Waals surface area contributed by atoms with Gasteiger partial charge >= 0.3 is 0 Å². The molecular weight excluding hydrogens is 461 g/mol. The number of hydrogen-bond donors (Lipinski definition) is 1. The van der Waals surface area contributed by atoms with Gasteiger partial charge in [-0.1, -0.05) is 49.4 Å². The molecule has 5 rings (SSSR count). The van der Waals surface area contributed by atoms with Gasteiger partial charge in [-0.25, -0.2) is 4.39 Å². The Kier molecular flexibility index (Phi) is 5.41. The van der Waals surface area contributed by atoms with Crippen molar-refractivity contribution in [3.63, 3.8) is 0 Å². The van der Waals surface area contributed by atoms with Crippen LogP contribution in [0.3, 0.4) is 0 Å². The first-order chi connectivity index (χ1) is 15.8. The highest BCUT2D eigenvalue weighted by Crippen LogP contribution is 2.50. The number of nitrogens with one attached hydrogen (secondary N) is 1. The predicted octanol–water partition coefficient (Wildman–Crippen LogP) is 5.26. The first-order valence-electron chi connectivity index (χ1n) is 10.6. The van der Waals surface area contributed by atoms with Crippen molar-refractivity contribution in [3.05, 3.63) is 77.3 Å². The Morgan fingerprint density at radius 2 is 2.24 bits per heavy atom. The highest BCUT2D eigenvalue weighted by molar-refractivity contribution is 7.11. The number of rotatable bonds is 5. The Morgan fingerprint density at radius 3 is 2.97 bits per heavy atom. The Balaban J connectivity index is 1.53. The normalized spacial score (nSPS) is 24.1. The van der Waals surface area contributed by atoms with Crippen molar-refractivity contribution in [1.82, 2.24) is 9.69 Å². The van der Waals surface area contributed by atoms with Gasteiger partial charge in [0.25, 0.3) is 0 Å². The van der Waals surface area contributed by atoms with Crippen LogP contribution in [0.1, 0.15) is 12.5 Å². The number of carbonyl (C=O) groups is 1. The summed E-state index contributed by atoms with van der Waals surface area (Å²) in [7, 11) is 1.61. The molecule has 1 aliphatic heterocycles. The molecule has 8 heteroatoms. The van der Waals surface area contributed by atoms with Gasteiger partial charge < -0.3 is 15.0 Å². The Labute approximate surface area is 200 Å². The van der Waals surface area contributed by atoms with E-state index in [4.69, 9.17) is 16.3 Å². The van der Waals surface area contributed by atoms with Crippen LogP contribution < -0.4 is 10.2 Å². The first kappa shape index (κ1) is 21.9. The summed E-state index contributed by atoms with van der Waals surface area (Å²) in [6.45, 7) is 6.83. The van der Waals surface area contributed by atoms with Crippen molar-refractivity contribution in [1.29, 1.82) is 0 Å². The standard InChI is InChI=1S/C25H23ClFN3O2S/c1-4-20(31)28-14-12-30(13-14)24-17-10-19(26)21(22(27)23(17)29-33-24)16-9-15(32-3)11-25(2)8-6-5-7-18(16)25/h4-11,14,18H,1,12-13H2,2-3H3,(H,28,31). The molecule has 0 spiro atoms. The number of aromatic nitrogens is 1. The van der Waals surface area contributed by atoms with E-state index < -0.39 is 5.82 Å². The maximum Gasteiger partial charge on any atom is 0.243 e. The van der Waals surface area contributed by atoms with Gasteiger partial charge in [-0.2, -0.15) is 4.37 Å². The second-order valence-corrected chi connectivity index (χ2v) is 9.84. The van der Waals surface area contributed by atoms with Gasteiger partial charge in [-0.3, -0.25) is 4.79 Å². The summed E-state index contributed by atoms with van der Waals surface area (Å²) in [5.74, 6) is -0.0256. The number of hydrogen-bond acceptors (Lipinski definition) is 5. The van der Waals surface area contributed by atoms with E-state index in [0.717, 1.165) is 10.6 Å². The Bertz CT molecular complexity index is 1290. The van der Waals surface area contributed by atoms with Gasteiger partial charge in [-0.15, -0.1) is 0 Å². The van der Waals surface area contributed by atoms with Gasteiger partial charge in [0.1, 0.15) is 16.3 Å². The maximum atomic E-state index is 16.0. The quantitative estimate of drug-likeness (QED) is 0.590. The topological polar surface area (TPSA) is 54.5 Å². The number of ether oxygens (including phenoxy) is 1. The SMILES string of the molecule is C=CC(=O)NC1CN(c2snc3c(F)c(C4=CC(OC)=CC5(C)C=CC=CC45)c(Cl)cc23)C1.